The predicted molar refractivity (Wildman–Crippen MR) is 57.2 cm³/mol. The minimum atomic E-state index is 0.164. The SMILES string of the molecule is CC(C)CCc1noc(-c2nc(N)n[nH]2)n1. The number of aromatic nitrogens is 5. The van der Waals surface area contributed by atoms with Crippen molar-refractivity contribution in [1.82, 2.24) is 25.3 Å². The zero-order chi connectivity index (χ0) is 11.5. The quantitative estimate of drug-likeness (QED) is 0.799. The molecule has 2 aromatic rings. The van der Waals surface area contributed by atoms with Gasteiger partial charge < -0.3 is 10.3 Å². The van der Waals surface area contributed by atoms with Gasteiger partial charge in [-0.05, 0) is 12.3 Å². The first-order valence-corrected chi connectivity index (χ1v) is 5.16. The first-order chi connectivity index (χ1) is 7.65. The second-order valence-corrected chi connectivity index (χ2v) is 3.99. The van der Waals surface area contributed by atoms with E-state index in [1.165, 1.54) is 0 Å². The molecule has 0 aliphatic heterocycles. The van der Waals surface area contributed by atoms with Crippen LogP contribution >= 0.6 is 0 Å². The van der Waals surface area contributed by atoms with Gasteiger partial charge >= 0.3 is 0 Å². The van der Waals surface area contributed by atoms with E-state index in [-0.39, 0.29) is 5.95 Å². The molecule has 0 aromatic carbocycles. The van der Waals surface area contributed by atoms with E-state index < -0.39 is 0 Å². The molecule has 0 amide bonds. The largest absolute Gasteiger partial charge is 0.366 e. The molecule has 2 rings (SSSR count). The van der Waals surface area contributed by atoms with E-state index in [0.29, 0.717) is 23.5 Å². The second kappa shape index (κ2) is 4.30. The first-order valence-electron chi connectivity index (χ1n) is 5.16. The molecule has 0 bridgehead atoms. The Morgan fingerprint density at radius 1 is 1.38 bits per heavy atom. The Bertz CT molecular complexity index is 460. The maximum absolute atomic E-state index is 5.38. The molecule has 16 heavy (non-hydrogen) atoms. The predicted octanol–water partition coefficient (Wildman–Crippen LogP) is 1.03. The van der Waals surface area contributed by atoms with E-state index in [0.717, 1.165) is 12.8 Å². The van der Waals surface area contributed by atoms with Crippen molar-refractivity contribution in [2.75, 3.05) is 5.73 Å². The van der Waals surface area contributed by atoms with Crippen molar-refractivity contribution in [3.05, 3.63) is 5.82 Å². The minimum Gasteiger partial charge on any atom is -0.366 e. The van der Waals surface area contributed by atoms with E-state index in [1.54, 1.807) is 0 Å². The highest BCUT2D eigenvalue weighted by atomic mass is 16.5. The summed E-state index contributed by atoms with van der Waals surface area (Å²) in [6, 6.07) is 0. The Hall–Kier alpha value is -1.92. The lowest BCUT2D eigenvalue weighted by Gasteiger charge is -1.98. The standard InChI is InChI=1S/C9H14N6O/c1-5(2)3-4-6-11-8(16-15-6)7-12-9(10)14-13-7/h5H,3-4H2,1-2H3,(H3,10,12,13,14). The lowest BCUT2D eigenvalue weighted by atomic mass is 10.1. The molecule has 2 heterocycles. The van der Waals surface area contributed by atoms with Crippen LogP contribution in [-0.4, -0.2) is 25.3 Å². The molecule has 0 aliphatic rings. The zero-order valence-electron chi connectivity index (χ0n) is 9.27. The molecule has 7 nitrogen and oxygen atoms in total. The van der Waals surface area contributed by atoms with Gasteiger partial charge in [0.15, 0.2) is 5.82 Å². The lowest BCUT2D eigenvalue weighted by Crippen LogP contribution is -1.94. The number of nitrogen functional groups attached to an aromatic ring is 1. The highest BCUT2D eigenvalue weighted by Crippen LogP contribution is 2.13. The smallest absolute Gasteiger partial charge is 0.295 e. The van der Waals surface area contributed by atoms with Crippen molar-refractivity contribution in [3.8, 4) is 11.7 Å². The van der Waals surface area contributed by atoms with Gasteiger partial charge in [0.1, 0.15) is 0 Å². The van der Waals surface area contributed by atoms with Gasteiger partial charge in [0.05, 0.1) is 0 Å². The van der Waals surface area contributed by atoms with Crippen LogP contribution < -0.4 is 5.73 Å². The van der Waals surface area contributed by atoms with E-state index in [1.807, 2.05) is 0 Å². The topological polar surface area (TPSA) is 107 Å². The number of anilines is 1. The Morgan fingerprint density at radius 2 is 2.19 bits per heavy atom. The van der Waals surface area contributed by atoms with Crippen LogP contribution in [0.1, 0.15) is 26.1 Å². The summed E-state index contributed by atoms with van der Waals surface area (Å²) in [6.45, 7) is 4.30. The van der Waals surface area contributed by atoms with Gasteiger partial charge in [0.25, 0.3) is 5.89 Å². The average Bonchev–Trinajstić information content (AvgIpc) is 2.83. The fourth-order valence-corrected chi connectivity index (χ4v) is 1.24. The van der Waals surface area contributed by atoms with Gasteiger partial charge in [-0.3, -0.25) is 5.10 Å². The van der Waals surface area contributed by atoms with Gasteiger partial charge in [-0.1, -0.05) is 19.0 Å². The summed E-state index contributed by atoms with van der Waals surface area (Å²) >= 11 is 0. The van der Waals surface area contributed by atoms with Crippen LogP contribution in [0.15, 0.2) is 4.52 Å². The summed E-state index contributed by atoms with van der Waals surface area (Å²) in [5.41, 5.74) is 5.38. The number of aryl methyl sites for hydroxylation is 1. The van der Waals surface area contributed by atoms with Crippen LogP contribution in [0.25, 0.3) is 11.7 Å². The number of H-pyrrole nitrogens is 1. The molecule has 0 unspecified atom stereocenters. The average molecular weight is 222 g/mol. The Kier molecular flexibility index (Phi) is 2.84. The second-order valence-electron chi connectivity index (χ2n) is 3.99. The molecule has 86 valence electrons. The number of rotatable bonds is 4. The first kappa shape index (κ1) is 10.6. The summed E-state index contributed by atoms with van der Waals surface area (Å²) in [4.78, 5) is 8.10. The molecular formula is C9H14N6O. The van der Waals surface area contributed by atoms with E-state index in [9.17, 15) is 0 Å². The van der Waals surface area contributed by atoms with E-state index >= 15 is 0 Å². The molecule has 0 saturated carbocycles. The summed E-state index contributed by atoms with van der Waals surface area (Å²) < 4.78 is 5.05. The highest BCUT2D eigenvalue weighted by Gasteiger charge is 2.12. The number of nitrogens with one attached hydrogen (secondary N) is 1. The summed E-state index contributed by atoms with van der Waals surface area (Å²) in [7, 11) is 0. The maximum Gasteiger partial charge on any atom is 0.295 e. The number of nitrogens with two attached hydrogens (primary N) is 1. The van der Waals surface area contributed by atoms with Crippen molar-refractivity contribution < 1.29 is 4.52 Å². The summed E-state index contributed by atoms with van der Waals surface area (Å²) in [5, 5.41) is 10.2. The van der Waals surface area contributed by atoms with Gasteiger partial charge in [-0.2, -0.15) is 9.97 Å². The zero-order valence-corrected chi connectivity index (χ0v) is 9.27. The van der Waals surface area contributed by atoms with Crippen LogP contribution in [-0.2, 0) is 6.42 Å². The van der Waals surface area contributed by atoms with Crippen molar-refractivity contribution >= 4 is 5.95 Å². The van der Waals surface area contributed by atoms with Gasteiger partial charge in [0, 0.05) is 6.42 Å². The third-order valence-corrected chi connectivity index (χ3v) is 2.12. The van der Waals surface area contributed by atoms with Crippen molar-refractivity contribution in [3.63, 3.8) is 0 Å². The van der Waals surface area contributed by atoms with Gasteiger partial charge in [0.2, 0.25) is 11.8 Å². The van der Waals surface area contributed by atoms with Crippen molar-refractivity contribution in [1.29, 1.82) is 0 Å². The third kappa shape index (κ3) is 2.36. The fourth-order valence-electron chi connectivity index (χ4n) is 1.24. The number of hydrogen-bond donors (Lipinski definition) is 2. The van der Waals surface area contributed by atoms with E-state index in [4.69, 9.17) is 10.3 Å². The molecule has 0 saturated heterocycles. The van der Waals surface area contributed by atoms with Gasteiger partial charge in [-0.25, -0.2) is 0 Å². The van der Waals surface area contributed by atoms with Gasteiger partial charge in [-0.15, -0.1) is 5.10 Å². The molecular weight excluding hydrogens is 208 g/mol. The molecule has 2 aromatic heterocycles. The Morgan fingerprint density at radius 3 is 2.81 bits per heavy atom. The molecule has 0 fully saturated rings. The van der Waals surface area contributed by atoms with Crippen LogP contribution in [0, 0.1) is 5.92 Å². The number of hydrogen-bond acceptors (Lipinski definition) is 6. The Balaban J connectivity index is 2.07. The highest BCUT2D eigenvalue weighted by molar-refractivity contribution is 5.41. The van der Waals surface area contributed by atoms with Crippen molar-refractivity contribution in [2.24, 2.45) is 5.92 Å². The fraction of sp³-hybridized carbons (Fsp3) is 0.556. The van der Waals surface area contributed by atoms with Crippen LogP contribution in [0.5, 0.6) is 0 Å². The monoisotopic (exact) mass is 222 g/mol. The number of aromatic amines is 1. The maximum atomic E-state index is 5.38. The molecule has 0 radical (unpaired) electrons. The van der Waals surface area contributed by atoms with Crippen LogP contribution in [0.3, 0.4) is 0 Å². The van der Waals surface area contributed by atoms with Crippen molar-refractivity contribution in [2.45, 2.75) is 26.7 Å². The van der Waals surface area contributed by atoms with Crippen LogP contribution in [0.4, 0.5) is 5.95 Å². The third-order valence-electron chi connectivity index (χ3n) is 2.12. The summed E-state index contributed by atoms with van der Waals surface area (Å²) in [5.74, 6) is 2.18. The summed E-state index contributed by atoms with van der Waals surface area (Å²) in [6.07, 6.45) is 1.82. The molecule has 0 atom stereocenters. The molecule has 3 N–H and O–H groups in total. The molecule has 7 heteroatoms. The molecule has 0 spiro atoms. The normalized spacial score (nSPS) is 11.2. The number of nitrogens with zero attached hydrogens (tertiary/aromatic N) is 4. The lowest BCUT2D eigenvalue weighted by molar-refractivity contribution is 0.417. The van der Waals surface area contributed by atoms with Crippen LogP contribution in [0.2, 0.25) is 0 Å². The van der Waals surface area contributed by atoms with E-state index in [2.05, 4.69) is 39.2 Å². The minimum absolute atomic E-state index is 0.164. The molecule has 0 aliphatic carbocycles. The Labute approximate surface area is 92.5 Å².